The van der Waals surface area contributed by atoms with E-state index in [4.69, 9.17) is 10.8 Å². The van der Waals surface area contributed by atoms with Gasteiger partial charge in [-0.1, -0.05) is 18.6 Å². The van der Waals surface area contributed by atoms with E-state index in [2.05, 4.69) is 5.32 Å². The summed E-state index contributed by atoms with van der Waals surface area (Å²) in [4.78, 5) is 22.4. The lowest BCUT2D eigenvalue weighted by molar-refractivity contribution is -0.137. The molecule has 5 heteroatoms. The Bertz CT molecular complexity index is 567. The van der Waals surface area contributed by atoms with Crippen molar-refractivity contribution >= 4 is 17.6 Å². The van der Waals surface area contributed by atoms with Gasteiger partial charge in [0.05, 0.1) is 5.41 Å². The quantitative estimate of drug-likeness (QED) is 0.702. The van der Waals surface area contributed by atoms with Crippen LogP contribution < -0.4 is 11.1 Å². The number of unbranched alkanes of at least 4 members (excludes halogenated alkanes) is 1. The molecule has 0 saturated carbocycles. The summed E-state index contributed by atoms with van der Waals surface area (Å²) in [6.07, 6.45) is 2.35. The molecule has 1 unspecified atom stereocenters. The van der Waals surface area contributed by atoms with Gasteiger partial charge in [0.2, 0.25) is 5.91 Å². The molecular formula is C16H22N2O3. The minimum atomic E-state index is -0.771. The van der Waals surface area contributed by atoms with Crippen molar-refractivity contribution in [2.45, 2.75) is 51.0 Å². The van der Waals surface area contributed by atoms with Crippen molar-refractivity contribution in [3.05, 3.63) is 29.3 Å². The molecule has 0 spiro atoms. The highest BCUT2D eigenvalue weighted by atomic mass is 16.4. The predicted octanol–water partition coefficient (Wildman–Crippen LogP) is 2.56. The van der Waals surface area contributed by atoms with E-state index in [1.807, 2.05) is 32.0 Å². The molecule has 0 aliphatic carbocycles. The zero-order valence-electron chi connectivity index (χ0n) is 12.5. The topological polar surface area (TPSA) is 92.4 Å². The Morgan fingerprint density at radius 2 is 2.10 bits per heavy atom. The molecule has 21 heavy (non-hydrogen) atoms. The van der Waals surface area contributed by atoms with Crippen LogP contribution in [0.3, 0.4) is 0 Å². The fourth-order valence-electron chi connectivity index (χ4n) is 2.63. The number of carbonyl (C=O) groups excluding carboxylic acids is 1. The van der Waals surface area contributed by atoms with E-state index in [1.165, 1.54) is 0 Å². The maximum atomic E-state index is 11.9. The molecule has 114 valence electrons. The fourth-order valence-corrected chi connectivity index (χ4v) is 2.63. The number of carboxylic acids is 1. The molecule has 1 aromatic carbocycles. The number of amides is 1. The van der Waals surface area contributed by atoms with Gasteiger partial charge < -0.3 is 16.2 Å². The molecule has 1 amide bonds. The third kappa shape index (κ3) is 3.24. The summed E-state index contributed by atoms with van der Waals surface area (Å²) in [7, 11) is 0. The first-order chi connectivity index (χ1) is 9.82. The fraction of sp³-hybridized carbons (Fsp3) is 0.500. The molecule has 0 saturated heterocycles. The van der Waals surface area contributed by atoms with E-state index in [0.717, 1.165) is 29.7 Å². The molecule has 5 nitrogen and oxygen atoms in total. The SMILES string of the molecule is CC1(C)C(=O)Nc2ccc(C(N)CCCCC(=O)O)cc21. The van der Waals surface area contributed by atoms with E-state index in [9.17, 15) is 9.59 Å². The van der Waals surface area contributed by atoms with Crippen LogP contribution in [0, 0.1) is 0 Å². The van der Waals surface area contributed by atoms with Gasteiger partial charge in [-0.05, 0) is 43.9 Å². The Morgan fingerprint density at radius 3 is 2.76 bits per heavy atom. The van der Waals surface area contributed by atoms with Gasteiger partial charge in [-0.3, -0.25) is 9.59 Å². The summed E-state index contributed by atoms with van der Waals surface area (Å²) in [5.74, 6) is -0.767. The smallest absolute Gasteiger partial charge is 0.303 e. The summed E-state index contributed by atoms with van der Waals surface area (Å²) in [5.41, 5.74) is 8.47. The first-order valence-corrected chi connectivity index (χ1v) is 7.25. The summed E-state index contributed by atoms with van der Waals surface area (Å²) in [6, 6.07) is 5.70. The number of carboxylic acid groups (broad SMARTS) is 1. The third-order valence-electron chi connectivity index (χ3n) is 4.12. The summed E-state index contributed by atoms with van der Waals surface area (Å²) in [5, 5.41) is 11.5. The van der Waals surface area contributed by atoms with Crippen molar-refractivity contribution < 1.29 is 14.7 Å². The number of benzene rings is 1. The average Bonchev–Trinajstić information content (AvgIpc) is 2.64. The zero-order chi connectivity index (χ0) is 15.6. The molecule has 1 heterocycles. The van der Waals surface area contributed by atoms with E-state index in [-0.39, 0.29) is 18.4 Å². The van der Waals surface area contributed by atoms with Gasteiger partial charge in [0.15, 0.2) is 0 Å². The van der Waals surface area contributed by atoms with Gasteiger partial charge in [-0.25, -0.2) is 0 Å². The second-order valence-corrected chi connectivity index (χ2v) is 6.13. The van der Waals surface area contributed by atoms with Crippen molar-refractivity contribution in [1.82, 2.24) is 0 Å². The number of carbonyl (C=O) groups is 2. The number of rotatable bonds is 6. The van der Waals surface area contributed by atoms with Crippen LogP contribution >= 0.6 is 0 Å². The number of aliphatic carboxylic acids is 1. The second kappa shape index (κ2) is 5.85. The van der Waals surface area contributed by atoms with Gasteiger partial charge in [-0.15, -0.1) is 0 Å². The molecule has 1 atom stereocenters. The summed E-state index contributed by atoms with van der Waals surface area (Å²) in [6.45, 7) is 3.80. The first kappa shape index (κ1) is 15.5. The first-order valence-electron chi connectivity index (χ1n) is 7.25. The number of nitrogens with one attached hydrogen (secondary N) is 1. The average molecular weight is 290 g/mol. The van der Waals surface area contributed by atoms with Crippen molar-refractivity contribution in [3.63, 3.8) is 0 Å². The highest BCUT2D eigenvalue weighted by molar-refractivity contribution is 6.05. The highest BCUT2D eigenvalue weighted by Gasteiger charge is 2.38. The number of nitrogens with two attached hydrogens (primary N) is 1. The molecule has 4 N–H and O–H groups in total. The largest absolute Gasteiger partial charge is 0.481 e. The van der Waals surface area contributed by atoms with Crippen LogP contribution in [-0.2, 0) is 15.0 Å². The Kier molecular flexibility index (Phi) is 4.32. The Labute approximate surface area is 124 Å². The van der Waals surface area contributed by atoms with Gasteiger partial charge in [0, 0.05) is 18.2 Å². The van der Waals surface area contributed by atoms with Crippen LogP contribution in [0.25, 0.3) is 0 Å². The van der Waals surface area contributed by atoms with E-state index in [0.29, 0.717) is 6.42 Å². The van der Waals surface area contributed by atoms with Crippen molar-refractivity contribution in [2.24, 2.45) is 5.73 Å². The van der Waals surface area contributed by atoms with Crippen LogP contribution in [0.1, 0.15) is 56.7 Å². The van der Waals surface area contributed by atoms with Crippen LogP contribution in [0.2, 0.25) is 0 Å². The van der Waals surface area contributed by atoms with Crippen LogP contribution in [0.5, 0.6) is 0 Å². The zero-order valence-corrected chi connectivity index (χ0v) is 12.5. The van der Waals surface area contributed by atoms with Crippen LogP contribution in [0.4, 0.5) is 5.69 Å². The van der Waals surface area contributed by atoms with E-state index >= 15 is 0 Å². The van der Waals surface area contributed by atoms with Gasteiger partial charge in [0.25, 0.3) is 0 Å². The molecule has 0 radical (unpaired) electrons. The second-order valence-electron chi connectivity index (χ2n) is 6.13. The number of anilines is 1. The number of hydrogen-bond acceptors (Lipinski definition) is 3. The summed E-state index contributed by atoms with van der Waals surface area (Å²) < 4.78 is 0. The predicted molar refractivity (Wildman–Crippen MR) is 81.1 cm³/mol. The maximum absolute atomic E-state index is 11.9. The van der Waals surface area contributed by atoms with Gasteiger partial charge in [-0.2, -0.15) is 0 Å². The third-order valence-corrected chi connectivity index (χ3v) is 4.12. The lowest BCUT2D eigenvalue weighted by atomic mass is 9.84. The Hall–Kier alpha value is -1.88. The van der Waals surface area contributed by atoms with E-state index in [1.54, 1.807) is 0 Å². The van der Waals surface area contributed by atoms with Gasteiger partial charge >= 0.3 is 5.97 Å². The van der Waals surface area contributed by atoms with Crippen molar-refractivity contribution in [1.29, 1.82) is 0 Å². The standard InChI is InChI=1S/C16H22N2O3/c1-16(2)11-9-10(7-8-13(11)18-15(16)21)12(17)5-3-4-6-14(19)20/h7-9,12H,3-6,17H2,1-2H3,(H,18,21)(H,19,20). The van der Waals surface area contributed by atoms with Crippen LogP contribution in [0.15, 0.2) is 18.2 Å². The number of fused-ring (bicyclic) bond motifs is 1. The van der Waals surface area contributed by atoms with Crippen LogP contribution in [-0.4, -0.2) is 17.0 Å². The molecule has 2 rings (SSSR count). The molecule has 1 aliphatic heterocycles. The van der Waals surface area contributed by atoms with E-state index < -0.39 is 11.4 Å². The summed E-state index contributed by atoms with van der Waals surface area (Å²) >= 11 is 0. The molecular weight excluding hydrogens is 268 g/mol. The molecule has 0 bridgehead atoms. The Morgan fingerprint density at radius 1 is 1.38 bits per heavy atom. The normalized spacial score (nSPS) is 17.2. The lowest BCUT2D eigenvalue weighted by Crippen LogP contribution is -2.27. The number of hydrogen-bond donors (Lipinski definition) is 3. The minimum absolute atomic E-state index is 0.00433. The monoisotopic (exact) mass is 290 g/mol. The van der Waals surface area contributed by atoms with Crippen molar-refractivity contribution in [3.8, 4) is 0 Å². The van der Waals surface area contributed by atoms with Gasteiger partial charge in [0.1, 0.15) is 0 Å². The maximum Gasteiger partial charge on any atom is 0.303 e. The highest BCUT2D eigenvalue weighted by Crippen LogP contribution is 2.38. The minimum Gasteiger partial charge on any atom is -0.481 e. The molecule has 1 aliphatic rings. The molecule has 0 fully saturated rings. The Balaban J connectivity index is 2.04. The molecule has 1 aromatic rings. The van der Waals surface area contributed by atoms with Crippen molar-refractivity contribution in [2.75, 3.05) is 5.32 Å². The lowest BCUT2D eigenvalue weighted by Gasteiger charge is -2.18. The molecule has 0 aromatic heterocycles.